The highest BCUT2D eigenvalue weighted by Crippen LogP contribution is 2.17. The lowest BCUT2D eigenvalue weighted by Crippen LogP contribution is -2.39. The van der Waals surface area contributed by atoms with Crippen LogP contribution in [0.25, 0.3) is 0 Å². The van der Waals surface area contributed by atoms with Gasteiger partial charge in [-0.1, -0.05) is 0 Å². The Morgan fingerprint density at radius 3 is 2.81 bits per heavy atom. The monoisotopic (exact) mass is 363 g/mol. The number of rotatable bonds is 9. The minimum atomic E-state index is 0.182. The van der Waals surface area contributed by atoms with Gasteiger partial charge >= 0.3 is 0 Å². The number of aryl methyl sites for hydroxylation is 1. The molecule has 26 heavy (non-hydrogen) atoms. The van der Waals surface area contributed by atoms with Crippen molar-refractivity contribution < 1.29 is 4.79 Å². The van der Waals surface area contributed by atoms with Crippen LogP contribution >= 0.6 is 0 Å². The number of hydrogen-bond donors (Lipinski definition) is 2. The number of carbonyl (C=O) groups is 1. The molecule has 0 aromatic carbocycles. The molecular weight excluding hydrogens is 330 g/mol. The maximum absolute atomic E-state index is 11.6. The number of aromatic nitrogens is 2. The summed E-state index contributed by atoms with van der Waals surface area (Å²) in [5, 5.41) is 10.9. The van der Waals surface area contributed by atoms with Gasteiger partial charge in [-0.2, -0.15) is 5.10 Å². The van der Waals surface area contributed by atoms with Crippen LogP contribution in [0.2, 0.25) is 0 Å². The first-order valence-corrected chi connectivity index (χ1v) is 9.46. The molecule has 1 saturated heterocycles. The van der Waals surface area contributed by atoms with Crippen LogP contribution in [0.5, 0.6) is 0 Å². The standard InChI is InChI=1S/C18H33N7O/c1-5-19-18(20-9-7-11-25-10-6-8-17(25)26)21-13-16(23(2)3)15-12-22-24(4)14-15/h12,14,16H,5-11,13H2,1-4H3,(H2,19,20,21). The number of likely N-dealkylation sites (tertiary alicyclic amines) is 1. The van der Waals surface area contributed by atoms with Gasteiger partial charge in [-0.05, 0) is 33.9 Å². The van der Waals surface area contributed by atoms with E-state index in [0.717, 1.165) is 50.5 Å². The topological polar surface area (TPSA) is 77.8 Å². The first kappa shape index (κ1) is 20.2. The number of nitrogens with one attached hydrogen (secondary N) is 2. The Hall–Kier alpha value is -2.09. The van der Waals surface area contributed by atoms with Crippen molar-refractivity contribution in [1.82, 2.24) is 30.2 Å². The number of amides is 1. The van der Waals surface area contributed by atoms with Gasteiger partial charge in [0.25, 0.3) is 0 Å². The predicted molar refractivity (Wildman–Crippen MR) is 104 cm³/mol. The second-order valence-electron chi connectivity index (χ2n) is 6.91. The van der Waals surface area contributed by atoms with Crippen molar-refractivity contribution in [2.75, 3.05) is 46.8 Å². The van der Waals surface area contributed by atoms with Crippen molar-refractivity contribution >= 4 is 11.9 Å². The maximum Gasteiger partial charge on any atom is 0.222 e. The van der Waals surface area contributed by atoms with Crippen molar-refractivity contribution in [3.63, 3.8) is 0 Å². The third-order valence-corrected chi connectivity index (χ3v) is 4.57. The van der Waals surface area contributed by atoms with E-state index in [1.807, 2.05) is 29.0 Å². The Labute approximate surface area is 156 Å². The summed E-state index contributed by atoms with van der Waals surface area (Å²) >= 11 is 0. The number of hydrogen-bond acceptors (Lipinski definition) is 4. The van der Waals surface area contributed by atoms with Crippen molar-refractivity contribution in [2.45, 2.75) is 32.2 Å². The molecule has 0 aliphatic carbocycles. The van der Waals surface area contributed by atoms with Gasteiger partial charge in [0, 0.05) is 51.4 Å². The van der Waals surface area contributed by atoms with Gasteiger partial charge in [0.1, 0.15) is 0 Å². The van der Waals surface area contributed by atoms with Crippen LogP contribution in [-0.4, -0.2) is 78.3 Å². The first-order valence-electron chi connectivity index (χ1n) is 9.46. The number of aliphatic imine (C=N–C) groups is 1. The lowest BCUT2D eigenvalue weighted by molar-refractivity contribution is -0.127. The van der Waals surface area contributed by atoms with E-state index in [9.17, 15) is 4.79 Å². The normalized spacial score (nSPS) is 16.4. The van der Waals surface area contributed by atoms with E-state index in [0.29, 0.717) is 13.0 Å². The lowest BCUT2D eigenvalue weighted by atomic mass is 10.1. The van der Waals surface area contributed by atoms with Gasteiger partial charge in [-0.15, -0.1) is 0 Å². The fraction of sp³-hybridized carbons (Fsp3) is 0.722. The zero-order valence-corrected chi connectivity index (χ0v) is 16.5. The molecule has 1 atom stereocenters. The van der Waals surface area contributed by atoms with Crippen molar-refractivity contribution in [1.29, 1.82) is 0 Å². The highest BCUT2D eigenvalue weighted by atomic mass is 16.2. The highest BCUT2D eigenvalue weighted by molar-refractivity contribution is 5.80. The third kappa shape index (κ3) is 6.01. The Balaban J connectivity index is 1.84. The molecule has 1 aromatic heterocycles. The number of carbonyl (C=O) groups excluding carboxylic acids is 1. The molecule has 8 heteroatoms. The predicted octanol–water partition coefficient (Wildman–Crippen LogP) is 0.590. The number of likely N-dealkylation sites (N-methyl/N-ethyl adjacent to an activating group) is 1. The molecule has 1 aromatic rings. The molecule has 1 amide bonds. The summed E-state index contributed by atoms with van der Waals surface area (Å²) in [7, 11) is 6.04. The smallest absolute Gasteiger partial charge is 0.222 e. The van der Waals surface area contributed by atoms with Gasteiger partial charge in [-0.3, -0.25) is 14.5 Å². The molecule has 0 bridgehead atoms. The van der Waals surface area contributed by atoms with E-state index in [-0.39, 0.29) is 11.9 Å². The van der Waals surface area contributed by atoms with E-state index in [1.54, 1.807) is 0 Å². The summed E-state index contributed by atoms with van der Waals surface area (Å²) in [5.41, 5.74) is 1.16. The summed E-state index contributed by atoms with van der Waals surface area (Å²) in [6.07, 6.45) is 6.56. The molecule has 0 radical (unpaired) electrons. The van der Waals surface area contributed by atoms with Gasteiger partial charge in [0.2, 0.25) is 5.91 Å². The van der Waals surface area contributed by atoms with Gasteiger partial charge < -0.3 is 20.4 Å². The minimum Gasteiger partial charge on any atom is -0.357 e. The molecule has 146 valence electrons. The van der Waals surface area contributed by atoms with Crippen LogP contribution in [0, 0.1) is 0 Å². The summed E-state index contributed by atoms with van der Waals surface area (Å²) in [6, 6.07) is 0.182. The van der Waals surface area contributed by atoms with Crippen LogP contribution in [-0.2, 0) is 11.8 Å². The van der Waals surface area contributed by atoms with E-state index in [2.05, 4.69) is 41.7 Å². The molecule has 1 fully saturated rings. The fourth-order valence-electron chi connectivity index (χ4n) is 3.12. The lowest BCUT2D eigenvalue weighted by Gasteiger charge is -2.22. The third-order valence-electron chi connectivity index (χ3n) is 4.57. The van der Waals surface area contributed by atoms with Crippen LogP contribution in [0.1, 0.15) is 37.8 Å². The molecule has 1 unspecified atom stereocenters. The Morgan fingerprint density at radius 2 is 2.23 bits per heavy atom. The van der Waals surface area contributed by atoms with E-state index < -0.39 is 0 Å². The molecule has 2 N–H and O–H groups in total. The van der Waals surface area contributed by atoms with Crippen LogP contribution in [0.15, 0.2) is 17.4 Å². The second-order valence-corrected chi connectivity index (χ2v) is 6.91. The highest BCUT2D eigenvalue weighted by Gasteiger charge is 2.19. The van der Waals surface area contributed by atoms with Gasteiger partial charge in [-0.25, -0.2) is 0 Å². The largest absolute Gasteiger partial charge is 0.357 e. The van der Waals surface area contributed by atoms with Gasteiger partial charge in [0.05, 0.1) is 18.8 Å². The maximum atomic E-state index is 11.6. The average molecular weight is 364 g/mol. The summed E-state index contributed by atoms with van der Waals surface area (Å²) in [5.74, 6) is 1.10. The van der Waals surface area contributed by atoms with Crippen LogP contribution in [0.4, 0.5) is 0 Å². The Kier molecular flexibility index (Phi) is 7.90. The molecule has 0 spiro atoms. The molecule has 2 heterocycles. The molecule has 8 nitrogen and oxygen atoms in total. The van der Waals surface area contributed by atoms with Crippen molar-refractivity contribution in [3.05, 3.63) is 18.0 Å². The Bertz CT molecular complexity index is 596. The number of nitrogens with zero attached hydrogens (tertiary/aromatic N) is 5. The summed E-state index contributed by atoms with van der Waals surface area (Å²) < 4.78 is 1.82. The molecule has 1 aliphatic rings. The van der Waals surface area contributed by atoms with Crippen molar-refractivity contribution in [2.24, 2.45) is 12.0 Å². The van der Waals surface area contributed by atoms with Crippen LogP contribution < -0.4 is 10.6 Å². The fourth-order valence-corrected chi connectivity index (χ4v) is 3.12. The quantitative estimate of drug-likeness (QED) is 0.381. The zero-order valence-electron chi connectivity index (χ0n) is 16.5. The SMILES string of the molecule is CCNC(=NCC(c1cnn(C)c1)N(C)C)NCCCN1CCCC1=O. The molecule has 0 saturated carbocycles. The minimum absolute atomic E-state index is 0.182. The first-order chi connectivity index (χ1) is 12.5. The van der Waals surface area contributed by atoms with E-state index in [1.165, 1.54) is 0 Å². The Morgan fingerprint density at radius 1 is 1.42 bits per heavy atom. The summed E-state index contributed by atoms with van der Waals surface area (Å²) in [4.78, 5) is 20.5. The molecule has 1 aliphatic heterocycles. The van der Waals surface area contributed by atoms with Crippen LogP contribution in [0.3, 0.4) is 0 Å². The molecular formula is C18H33N7O. The van der Waals surface area contributed by atoms with E-state index in [4.69, 9.17) is 4.99 Å². The average Bonchev–Trinajstić information content (AvgIpc) is 3.20. The van der Waals surface area contributed by atoms with E-state index >= 15 is 0 Å². The van der Waals surface area contributed by atoms with Crippen molar-refractivity contribution in [3.8, 4) is 0 Å². The zero-order chi connectivity index (χ0) is 18.9. The number of guanidine groups is 1. The molecule has 2 rings (SSSR count). The summed E-state index contributed by atoms with van der Waals surface area (Å²) in [6.45, 7) is 6.05. The second kappa shape index (κ2) is 10.2. The van der Waals surface area contributed by atoms with Gasteiger partial charge in [0.15, 0.2) is 5.96 Å².